The lowest BCUT2D eigenvalue weighted by Gasteiger charge is -2.11. The number of alkyl halides is 3. The van der Waals surface area contributed by atoms with Crippen LogP contribution in [0.25, 0.3) is 22.4 Å². The molecule has 0 atom stereocenters. The normalized spacial score (nSPS) is 11.7. The molecule has 0 radical (unpaired) electrons. The van der Waals surface area contributed by atoms with Gasteiger partial charge < -0.3 is 9.73 Å². The second-order valence-electron chi connectivity index (χ2n) is 5.80. The predicted molar refractivity (Wildman–Crippen MR) is 93.8 cm³/mol. The van der Waals surface area contributed by atoms with Crippen molar-refractivity contribution in [3.05, 3.63) is 72.4 Å². The molecule has 8 heteroatoms. The third kappa shape index (κ3) is 3.74. The molecule has 0 fully saturated rings. The number of aromatic nitrogens is 3. The van der Waals surface area contributed by atoms with Crippen molar-refractivity contribution in [3.8, 4) is 11.4 Å². The summed E-state index contributed by atoms with van der Waals surface area (Å²) in [5, 5.41) is 3.81. The number of para-hydroxylation sites is 1. The fourth-order valence-corrected chi connectivity index (χ4v) is 2.61. The number of fused-ring (bicyclic) bond motifs is 1. The number of nitrogens with zero attached hydrogens (tertiary/aromatic N) is 3. The Bertz CT molecular complexity index is 1040. The highest BCUT2D eigenvalue weighted by Crippen LogP contribution is 2.31. The molecule has 3 heterocycles. The van der Waals surface area contributed by atoms with Crippen molar-refractivity contribution >= 4 is 16.8 Å². The molecule has 4 aromatic rings. The monoisotopic (exact) mass is 370 g/mol. The van der Waals surface area contributed by atoms with Crippen molar-refractivity contribution in [2.75, 3.05) is 5.32 Å². The molecule has 4 rings (SSSR count). The summed E-state index contributed by atoms with van der Waals surface area (Å²) in [4.78, 5) is 11.7. The molecule has 1 N–H and O–H groups in total. The lowest BCUT2D eigenvalue weighted by atomic mass is 10.2. The van der Waals surface area contributed by atoms with Crippen molar-refractivity contribution in [2.24, 2.45) is 0 Å². The van der Waals surface area contributed by atoms with Crippen LogP contribution in [0.15, 0.2) is 65.3 Å². The Morgan fingerprint density at radius 3 is 2.48 bits per heavy atom. The maximum atomic E-state index is 13.2. The first-order valence-corrected chi connectivity index (χ1v) is 8.07. The lowest BCUT2D eigenvalue weighted by Crippen LogP contribution is -2.12. The topological polar surface area (TPSA) is 63.8 Å². The largest absolute Gasteiger partial charge is 0.459 e. The molecule has 0 aliphatic heterocycles. The number of nitrogens with one attached hydrogen (secondary N) is 1. The van der Waals surface area contributed by atoms with Gasteiger partial charge in [-0.05, 0) is 24.3 Å². The highest BCUT2D eigenvalue weighted by atomic mass is 19.4. The molecule has 27 heavy (non-hydrogen) atoms. The Kier molecular flexibility index (Phi) is 4.23. The number of benzene rings is 1. The minimum atomic E-state index is -4.58. The Balaban J connectivity index is 1.64. The van der Waals surface area contributed by atoms with Crippen molar-refractivity contribution < 1.29 is 17.6 Å². The third-order valence-corrected chi connectivity index (χ3v) is 3.88. The molecule has 0 bridgehead atoms. The molecule has 0 aliphatic rings. The fraction of sp³-hybridized carbons (Fsp3) is 0.105. The average Bonchev–Trinajstić information content (AvgIpc) is 3.09. The summed E-state index contributed by atoms with van der Waals surface area (Å²) in [6.07, 6.45) is -1.64. The minimum Gasteiger partial charge on any atom is -0.459 e. The van der Waals surface area contributed by atoms with Crippen molar-refractivity contribution in [1.82, 2.24) is 15.0 Å². The van der Waals surface area contributed by atoms with Gasteiger partial charge in [0.2, 0.25) is 0 Å². The van der Waals surface area contributed by atoms with Crippen LogP contribution >= 0.6 is 0 Å². The van der Waals surface area contributed by atoms with E-state index in [1.54, 1.807) is 12.1 Å². The van der Waals surface area contributed by atoms with Crippen LogP contribution < -0.4 is 5.32 Å². The van der Waals surface area contributed by atoms with E-state index in [1.807, 2.05) is 30.3 Å². The second kappa shape index (κ2) is 6.71. The summed E-state index contributed by atoms with van der Waals surface area (Å²) in [5.74, 6) is 0.623. The van der Waals surface area contributed by atoms with E-state index >= 15 is 0 Å². The molecule has 0 spiro atoms. The van der Waals surface area contributed by atoms with Gasteiger partial charge in [0, 0.05) is 29.4 Å². The van der Waals surface area contributed by atoms with Crippen LogP contribution in [0.3, 0.4) is 0 Å². The fourth-order valence-electron chi connectivity index (χ4n) is 2.61. The number of furan rings is 1. The predicted octanol–water partition coefficient (Wildman–Crippen LogP) is 4.92. The van der Waals surface area contributed by atoms with Crippen LogP contribution in [0.5, 0.6) is 0 Å². The molecular weight excluding hydrogens is 357 g/mol. The van der Waals surface area contributed by atoms with E-state index in [0.717, 1.165) is 11.5 Å². The lowest BCUT2D eigenvalue weighted by molar-refractivity contribution is -0.141. The molecule has 0 amide bonds. The Morgan fingerprint density at radius 2 is 1.74 bits per heavy atom. The van der Waals surface area contributed by atoms with Gasteiger partial charge in [-0.1, -0.05) is 18.2 Å². The third-order valence-electron chi connectivity index (χ3n) is 3.88. The molecule has 5 nitrogen and oxygen atoms in total. The molecular formula is C19H13F3N4O. The molecule has 0 saturated carbocycles. The van der Waals surface area contributed by atoms with Gasteiger partial charge >= 0.3 is 6.18 Å². The zero-order valence-electron chi connectivity index (χ0n) is 13.9. The SMILES string of the molecule is FC(F)(F)c1cc(NCc2cc3ccccc3o2)nc(-c2ccncc2)n1. The van der Waals surface area contributed by atoms with Crippen LogP contribution in [-0.2, 0) is 12.7 Å². The van der Waals surface area contributed by atoms with Gasteiger partial charge in [-0.25, -0.2) is 9.97 Å². The Labute approximate surface area is 151 Å². The molecule has 3 aromatic heterocycles. The number of anilines is 1. The highest BCUT2D eigenvalue weighted by Gasteiger charge is 2.33. The number of rotatable bonds is 4. The first-order chi connectivity index (χ1) is 13.0. The van der Waals surface area contributed by atoms with Gasteiger partial charge in [0.05, 0.1) is 6.54 Å². The zero-order chi connectivity index (χ0) is 18.9. The maximum absolute atomic E-state index is 13.2. The van der Waals surface area contributed by atoms with Gasteiger partial charge in [0.1, 0.15) is 17.2 Å². The van der Waals surface area contributed by atoms with Gasteiger partial charge in [0.25, 0.3) is 0 Å². The molecule has 1 aromatic carbocycles. The highest BCUT2D eigenvalue weighted by molar-refractivity contribution is 5.77. The first kappa shape index (κ1) is 17.0. The second-order valence-corrected chi connectivity index (χ2v) is 5.80. The molecule has 0 unspecified atom stereocenters. The smallest absolute Gasteiger partial charge is 0.433 e. The van der Waals surface area contributed by atoms with E-state index in [9.17, 15) is 13.2 Å². The quantitative estimate of drug-likeness (QED) is 0.553. The van der Waals surface area contributed by atoms with Gasteiger partial charge in [-0.15, -0.1) is 0 Å². The average molecular weight is 370 g/mol. The van der Waals surface area contributed by atoms with E-state index in [-0.39, 0.29) is 18.2 Å². The van der Waals surface area contributed by atoms with Crippen molar-refractivity contribution in [1.29, 1.82) is 0 Å². The summed E-state index contributed by atoms with van der Waals surface area (Å²) < 4.78 is 45.3. The van der Waals surface area contributed by atoms with Crippen LogP contribution in [0.4, 0.5) is 19.0 Å². The van der Waals surface area contributed by atoms with Gasteiger partial charge in [-0.3, -0.25) is 4.98 Å². The summed E-state index contributed by atoms with van der Waals surface area (Å²) >= 11 is 0. The van der Waals surface area contributed by atoms with E-state index in [2.05, 4.69) is 20.3 Å². The van der Waals surface area contributed by atoms with Crippen LogP contribution in [-0.4, -0.2) is 15.0 Å². The summed E-state index contributed by atoms with van der Waals surface area (Å²) in [5.41, 5.74) is 0.143. The van der Waals surface area contributed by atoms with Crippen LogP contribution in [0, 0.1) is 0 Å². The summed E-state index contributed by atoms with van der Waals surface area (Å²) in [7, 11) is 0. The van der Waals surface area contributed by atoms with E-state index < -0.39 is 11.9 Å². The Hall–Kier alpha value is -3.42. The number of hydrogen-bond acceptors (Lipinski definition) is 5. The van der Waals surface area contributed by atoms with Crippen LogP contribution in [0.2, 0.25) is 0 Å². The summed E-state index contributed by atoms with van der Waals surface area (Å²) in [6.45, 7) is 0.193. The van der Waals surface area contributed by atoms with E-state index in [1.165, 1.54) is 12.4 Å². The van der Waals surface area contributed by atoms with Crippen LogP contribution in [0.1, 0.15) is 11.5 Å². The standard InChI is InChI=1S/C19H13F3N4O/c20-19(21,22)16-10-17(26-18(25-16)12-5-7-23-8-6-12)24-11-14-9-13-3-1-2-4-15(13)27-14/h1-10H,11H2,(H,24,25,26). The number of halogens is 3. The number of hydrogen-bond donors (Lipinski definition) is 1. The minimum absolute atomic E-state index is 0.0284. The zero-order valence-corrected chi connectivity index (χ0v) is 13.9. The van der Waals surface area contributed by atoms with Gasteiger partial charge in [0.15, 0.2) is 11.5 Å². The van der Waals surface area contributed by atoms with Crippen molar-refractivity contribution in [2.45, 2.75) is 12.7 Å². The van der Waals surface area contributed by atoms with Gasteiger partial charge in [-0.2, -0.15) is 13.2 Å². The number of pyridine rings is 1. The van der Waals surface area contributed by atoms with E-state index in [4.69, 9.17) is 4.42 Å². The first-order valence-electron chi connectivity index (χ1n) is 8.07. The maximum Gasteiger partial charge on any atom is 0.433 e. The molecule has 0 aliphatic carbocycles. The van der Waals surface area contributed by atoms with E-state index in [0.29, 0.717) is 16.9 Å². The summed E-state index contributed by atoms with van der Waals surface area (Å²) in [6, 6.07) is 13.3. The Morgan fingerprint density at radius 1 is 0.963 bits per heavy atom. The van der Waals surface area contributed by atoms with Crippen molar-refractivity contribution in [3.63, 3.8) is 0 Å². The molecule has 0 saturated heterocycles. The molecule has 136 valence electrons.